The maximum Gasteiger partial charge on any atom is 0.119 e. The standard InChI is InChI=1S/C11H15BrO2/c1-9(13-2)8-14-11-5-3-4-10(6-11)7-12/h3-6,9H,7-8H2,1-2H3. The Morgan fingerprint density at radius 1 is 1.43 bits per heavy atom. The topological polar surface area (TPSA) is 18.5 Å². The first-order valence-corrected chi connectivity index (χ1v) is 5.69. The van der Waals surface area contributed by atoms with Crippen molar-refractivity contribution in [1.29, 1.82) is 0 Å². The molecule has 0 heterocycles. The minimum Gasteiger partial charge on any atom is -0.491 e. The number of ether oxygens (including phenoxy) is 2. The molecule has 1 aromatic carbocycles. The van der Waals surface area contributed by atoms with Crippen molar-refractivity contribution in [3.05, 3.63) is 29.8 Å². The first-order chi connectivity index (χ1) is 6.76. The summed E-state index contributed by atoms with van der Waals surface area (Å²) in [6.45, 7) is 2.57. The van der Waals surface area contributed by atoms with E-state index < -0.39 is 0 Å². The van der Waals surface area contributed by atoms with E-state index in [4.69, 9.17) is 9.47 Å². The molecular formula is C11H15BrO2. The molecular weight excluding hydrogens is 244 g/mol. The van der Waals surface area contributed by atoms with Crippen LogP contribution in [-0.4, -0.2) is 19.8 Å². The number of halogens is 1. The third-order valence-electron chi connectivity index (χ3n) is 1.94. The molecule has 0 fully saturated rings. The van der Waals surface area contributed by atoms with Crippen LogP contribution in [0.25, 0.3) is 0 Å². The van der Waals surface area contributed by atoms with E-state index in [0.29, 0.717) is 6.61 Å². The van der Waals surface area contributed by atoms with Crippen LogP contribution >= 0.6 is 15.9 Å². The lowest BCUT2D eigenvalue weighted by atomic mass is 10.2. The van der Waals surface area contributed by atoms with Gasteiger partial charge in [0.25, 0.3) is 0 Å². The Morgan fingerprint density at radius 3 is 2.86 bits per heavy atom. The van der Waals surface area contributed by atoms with Crippen molar-refractivity contribution in [3.63, 3.8) is 0 Å². The zero-order chi connectivity index (χ0) is 10.4. The van der Waals surface area contributed by atoms with Crippen molar-refractivity contribution < 1.29 is 9.47 Å². The third-order valence-corrected chi connectivity index (χ3v) is 2.59. The Hall–Kier alpha value is -0.540. The largest absolute Gasteiger partial charge is 0.491 e. The summed E-state index contributed by atoms with van der Waals surface area (Å²) in [5.41, 5.74) is 1.22. The van der Waals surface area contributed by atoms with Gasteiger partial charge < -0.3 is 9.47 Å². The second-order valence-electron chi connectivity index (χ2n) is 3.14. The van der Waals surface area contributed by atoms with Gasteiger partial charge in [0.15, 0.2) is 0 Å². The highest BCUT2D eigenvalue weighted by molar-refractivity contribution is 9.08. The molecule has 1 unspecified atom stereocenters. The maximum absolute atomic E-state index is 5.56. The van der Waals surface area contributed by atoms with Gasteiger partial charge >= 0.3 is 0 Å². The fraction of sp³-hybridized carbons (Fsp3) is 0.455. The van der Waals surface area contributed by atoms with Gasteiger partial charge in [0, 0.05) is 12.4 Å². The summed E-state index contributed by atoms with van der Waals surface area (Å²) in [5.74, 6) is 0.894. The predicted molar refractivity (Wildman–Crippen MR) is 61.0 cm³/mol. The molecule has 78 valence electrons. The molecule has 0 saturated carbocycles. The molecule has 0 saturated heterocycles. The molecule has 1 atom stereocenters. The molecule has 1 rings (SSSR count). The third kappa shape index (κ3) is 3.68. The van der Waals surface area contributed by atoms with Gasteiger partial charge in [-0.05, 0) is 24.6 Å². The normalized spacial score (nSPS) is 12.5. The van der Waals surface area contributed by atoms with E-state index in [9.17, 15) is 0 Å². The van der Waals surface area contributed by atoms with Gasteiger partial charge in [-0.3, -0.25) is 0 Å². The molecule has 0 aliphatic rings. The minimum absolute atomic E-state index is 0.127. The average molecular weight is 259 g/mol. The zero-order valence-corrected chi connectivity index (χ0v) is 10.1. The van der Waals surface area contributed by atoms with E-state index in [0.717, 1.165) is 11.1 Å². The number of hydrogen-bond acceptors (Lipinski definition) is 2. The van der Waals surface area contributed by atoms with E-state index in [1.807, 2.05) is 25.1 Å². The second-order valence-corrected chi connectivity index (χ2v) is 3.70. The van der Waals surface area contributed by atoms with Crippen LogP contribution in [0.4, 0.5) is 0 Å². The average Bonchev–Trinajstić information content (AvgIpc) is 2.26. The van der Waals surface area contributed by atoms with E-state index >= 15 is 0 Å². The van der Waals surface area contributed by atoms with E-state index in [1.165, 1.54) is 5.56 Å². The summed E-state index contributed by atoms with van der Waals surface area (Å²) in [6.07, 6.45) is 0.127. The van der Waals surface area contributed by atoms with Crippen LogP contribution < -0.4 is 4.74 Å². The van der Waals surface area contributed by atoms with Crippen molar-refractivity contribution >= 4 is 15.9 Å². The van der Waals surface area contributed by atoms with Crippen molar-refractivity contribution in [3.8, 4) is 5.75 Å². The second kappa shape index (κ2) is 6.04. The van der Waals surface area contributed by atoms with Crippen molar-refractivity contribution in [1.82, 2.24) is 0 Å². The van der Waals surface area contributed by atoms with Gasteiger partial charge in [-0.15, -0.1) is 0 Å². The van der Waals surface area contributed by atoms with Gasteiger partial charge in [0.1, 0.15) is 12.4 Å². The van der Waals surface area contributed by atoms with E-state index in [-0.39, 0.29) is 6.10 Å². The van der Waals surface area contributed by atoms with Crippen LogP contribution in [-0.2, 0) is 10.1 Å². The monoisotopic (exact) mass is 258 g/mol. The first-order valence-electron chi connectivity index (χ1n) is 4.56. The lowest BCUT2D eigenvalue weighted by Gasteiger charge is -2.11. The van der Waals surface area contributed by atoms with Crippen LogP contribution in [0.5, 0.6) is 5.75 Å². The molecule has 0 aromatic heterocycles. The molecule has 1 aromatic rings. The number of benzene rings is 1. The van der Waals surface area contributed by atoms with Crippen molar-refractivity contribution in [2.24, 2.45) is 0 Å². The summed E-state index contributed by atoms with van der Waals surface area (Å²) < 4.78 is 10.6. The molecule has 0 aliphatic carbocycles. The summed E-state index contributed by atoms with van der Waals surface area (Å²) in [7, 11) is 1.68. The molecule has 3 heteroatoms. The summed E-state index contributed by atoms with van der Waals surface area (Å²) in [6, 6.07) is 8.02. The minimum atomic E-state index is 0.127. The fourth-order valence-corrected chi connectivity index (χ4v) is 1.35. The Bertz CT molecular complexity index is 276. The van der Waals surface area contributed by atoms with Gasteiger partial charge in [-0.2, -0.15) is 0 Å². The van der Waals surface area contributed by atoms with Crippen molar-refractivity contribution in [2.75, 3.05) is 13.7 Å². The molecule has 0 radical (unpaired) electrons. The number of hydrogen-bond donors (Lipinski definition) is 0. The Kier molecular flexibility index (Phi) is 4.98. The fourth-order valence-electron chi connectivity index (χ4n) is 1.00. The molecule has 0 aliphatic heterocycles. The molecule has 0 N–H and O–H groups in total. The highest BCUT2D eigenvalue weighted by Gasteiger charge is 2.01. The summed E-state index contributed by atoms with van der Waals surface area (Å²) >= 11 is 3.41. The zero-order valence-electron chi connectivity index (χ0n) is 8.50. The highest BCUT2D eigenvalue weighted by atomic mass is 79.9. The SMILES string of the molecule is COC(C)COc1cccc(CBr)c1. The highest BCUT2D eigenvalue weighted by Crippen LogP contribution is 2.15. The molecule has 0 bridgehead atoms. The summed E-state index contributed by atoms with van der Waals surface area (Å²) in [4.78, 5) is 0. The van der Waals surface area contributed by atoms with Gasteiger partial charge in [0.2, 0.25) is 0 Å². The number of rotatable bonds is 5. The predicted octanol–water partition coefficient (Wildman–Crippen LogP) is 3.00. The molecule has 0 amide bonds. The molecule has 14 heavy (non-hydrogen) atoms. The Morgan fingerprint density at radius 2 is 2.21 bits per heavy atom. The Balaban J connectivity index is 2.50. The quantitative estimate of drug-likeness (QED) is 0.757. The summed E-state index contributed by atoms with van der Waals surface area (Å²) in [5, 5.41) is 0.851. The van der Waals surface area contributed by atoms with Crippen molar-refractivity contribution in [2.45, 2.75) is 18.4 Å². The van der Waals surface area contributed by atoms with E-state index in [1.54, 1.807) is 7.11 Å². The maximum atomic E-state index is 5.56. The Labute approximate surface area is 93.4 Å². The smallest absolute Gasteiger partial charge is 0.119 e. The first kappa shape index (κ1) is 11.5. The van der Waals surface area contributed by atoms with Crippen LogP contribution in [0, 0.1) is 0 Å². The lowest BCUT2D eigenvalue weighted by molar-refractivity contribution is 0.0716. The molecule has 0 spiro atoms. The number of methoxy groups -OCH3 is 1. The van der Waals surface area contributed by atoms with Gasteiger partial charge in [-0.1, -0.05) is 28.1 Å². The van der Waals surface area contributed by atoms with E-state index in [2.05, 4.69) is 22.0 Å². The van der Waals surface area contributed by atoms with Crippen LogP contribution in [0.1, 0.15) is 12.5 Å². The van der Waals surface area contributed by atoms with Crippen LogP contribution in [0.2, 0.25) is 0 Å². The molecule has 2 nitrogen and oxygen atoms in total. The number of alkyl halides is 1. The van der Waals surface area contributed by atoms with Gasteiger partial charge in [-0.25, -0.2) is 0 Å². The lowest BCUT2D eigenvalue weighted by Crippen LogP contribution is -2.15. The van der Waals surface area contributed by atoms with Crippen LogP contribution in [0.15, 0.2) is 24.3 Å². The van der Waals surface area contributed by atoms with Crippen LogP contribution in [0.3, 0.4) is 0 Å². The van der Waals surface area contributed by atoms with Gasteiger partial charge in [0.05, 0.1) is 6.10 Å².